The first-order valence-corrected chi connectivity index (χ1v) is 56.1. The van der Waals surface area contributed by atoms with Crippen molar-refractivity contribution < 1.29 is 113 Å². The number of hydrogen-bond donors (Lipinski definition) is 5. The van der Waals surface area contributed by atoms with Gasteiger partial charge in [0.2, 0.25) is 17.5 Å². The summed E-state index contributed by atoms with van der Waals surface area (Å²) in [5, 5.41) is 14.9. The normalized spacial score (nSPS) is 11.0. The number of carbonyl (C=O) groups excluding carboxylic acids is 3. The number of alkyl halides is 10. The first-order valence-electron chi connectivity index (χ1n) is 36.5. The number of aliphatic hydroxyl groups excluding tert-OH is 1. The fraction of sp³-hybridized carbons (Fsp3) is 0.378. The zero-order chi connectivity index (χ0) is 101. The van der Waals surface area contributed by atoms with Crippen LogP contribution in [0.2, 0.25) is 0 Å². The molecule has 27 nitrogen and oxygen atoms in total. The molecule has 0 aromatic carbocycles. The van der Waals surface area contributed by atoms with Gasteiger partial charge in [-0.15, -0.1) is 12.4 Å². The Kier molecular flexibility index (Phi) is 103. The average molecular weight is 3320 g/mol. The van der Waals surface area contributed by atoms with Crippen molar-refractivity contribution >= 4 is 341 Å². The van der Waals surface area contributed by atoms with E-state index in [1.165, 1.54) is 18.0 Å². The molecule has 0 aliphatic carbocycles. The van der Waals surface area contributed by atoms with Gasteiger partial charge in [0, 0.05) is 185 Å². The average Bonchev–Trinajstić information content (AvgIpc) is 1.62. The van der Waals surface area contributed by atoms with E-state index in [9.17, 15) is 53.9 Å². The van der Waals surface area contributed by atoms with Crippen molar-refractivity contribution in [3.8, 4) is 22.5 Å². The Morgan fingerprint density at radius 1 is 0.416 bits per heavy atom. The molecule has 1 aliphatic heterocycles. The fourth-order valence-electron chi connectivity index (χ4n) is 8.53. The molecule has 1 fully saturated rings. The minimum atomic E-state index is -4.60. The van der Waals surface area contributed by atoms with E-state index in [2.05, 4.69) is 366 Å². The number of nitrogens with zero attached hydrogens (tertiary/aromatic N) is 14. The molecule has 3 radical (unpaired) electrons. The number of alkyl carbamates (subject to hydrolysis) is 2. The number of aliphatic hydroxyl groups is 1. The molecule has 1 saturated heterocycles. The maximum Gasteiger partial charge on any atom is 1.00 e. The van der Waals surface area contributed by atoms with Gasteiger partial charge in [0.15, 0.2) is 6.29 Å². The number of nitrogens with two attached hydrogens (primary N) is 2. The van der Waals surface area contributed by atoms with Crippen LogP contribution in [0, 0.1) is 7.43 Å². The van der Waals surface area contributed by atoms with Gasteiger partial charge in [-0.1, -0.05) is 97.6 Å². The van der Waals surface area contributed by atoms with Crippen LogP contribution in [0.3, 0.4) is 0 Å². The van der Waals surface area contributed by atoms with Crippen LogP contribution >= 0.6 is 302 Å². The van der Waals surface area contributed by atoms with Crippen LogP contribution in [0.25, 0.3) is 22.5 Å². The Morgan fingerprint density at radius 2 is 0.678 bits per heavy atom. The van der Waals surface area contributed by atoms with Crippen molar-refractivity contribution in [2.24, 2.45) is 11.5 Å². The molecule has 2 amide bonds. The SMILES string of the molecule is BrCc1cc(Br)ncc1Br.BrP(Br)Br.Brc1ccc(Br)nc1.C.C.C.C.C.C.C.C.C.C.C.CC(C)(C)OC(=O)NCc1cc(-c2cnc(C(F)(F)F)nc2)ncc1Br.CC(C)(C)OC(=O)NCc1cc(Br)ncc1Br.CC1(C)OB(c2cnc(C(F)(F)F)nc2)OC1(C)C.Cl.NCc1cc(-c2cnc(C(F)(F)F)nc2)ncc1Br.NCc1cc(Br)ncc1Br.O.O=Cc1cc(Br)ncc1Br.OCc1cc(Br)ncc1Br.[B].[CH3-].[Na+]. The maximum absolute atomic E-state index is 12.5. The number of ether oxygens (including phenoxy) is 2. The summed E-state index contributed by atoms with van der Waals surface area (Å²) in [6, 6.07) is 16.2. The van der Waals surface area contributed by atoms with E-state index >= 15 is 0 Å². The Hall–Kier alpha value is -1.73. The zero-order valence-corrected chi connectivity index (χ0v) is 106. The monoisotopic (exact) mass is 3300 g/mol. The number of carbonyl (C=O) groups is 3. The van der Waals surface area contributed by atoms with Crippen molar-refractivity contribution in [3.05, 3.63) is 269 Å². The minimum absolute atomic E-state index is 0. The van der Waals surface area contributed by atoms with Crippen molar-refractivity contribution in [1.29, 1.82) is 0 Å². The molecular weight excluding hydrogens is 3200 g/mol. The van der Waals surface area contributed by atoms with Gasteiger partial charge in [-0.2, -0.15) is 39.5 Å². The molecule has 149 heavy (non-hydrogen) atoms. The number of aldehydes is 1. The quantitative estimate of drug-likeness (QED) is 0.0144. The van der Waals surface area contributed by atoms with Gasteiger partial charge >= 0.3 is 67.4 Å². The number of pyridine rings is 8. The van der Waals surface area contributed by atoms with Crippen molar-refractivity contribution in [2.45, 2.75) is 230 Å². The van der Waals surface area contributed by atoms with E-state index in [1.807, 2.05) is 78.8 Å². The van der Waals surface area contributed by atoms with Gasteiger partial charge in [-0.25, -0.2) is 69.4 Å². The molecule has 0 saturated carbocycles. The molecule has 0 unspecified atom stereocenters. The van der Waals surface area contributed by atoms with Crippen LogP contribution in [0.15, 0.2) is 205 Å². The van der Waals surface area contributed by atoms with Gasteiger partial charge in [-0.05, 0) is 427 Å². The van der Waals surface area contributed by atoms with Crippen LogP contribution in [-0.2, 0) is 75.4 Å². The molecule has 9 N–H and O–H groups in total. The number of rotatable bonds is 12. The number of halogens is 28. The molecule has 0 spiro atoms. The topological polar surface area (TPSA) is 396 Å². The molecule has 0 bridgehead atoms. The summed E-state index contributed by atoms with van der Waals surface area (Å²) in [7, 11) is -0.757. The van der Waals surface area contributed by atoms with E-state index in [-0.39, 0.29) is 169 Å². The number of amides is 2. The van der Waals surface area contributed by atoms with Gasteiger partial charge in [0.05, 0.1) is 29.2 Å². The number of nitrogens with one attached hydrogen (secondary N) is 2. The van der Waals surface area contributed by atoms with E-state index < -0.39 is 77.7 Å². The first kappa shape index (κ1) is 177. The third-order valence-electron chi connectivity index (χ3n) is 15.4. The Morgan fingerprint density at radius 3 is 0.946 bits per heavy atom. The van der Waals surface area contributed by atoms with E-state index in [0.29, 0.717) is 65.7 Å². The molecule has 12 rings (SSSR count). The minimum Gasteiger partial charge on any atom is -0.444 e. The predicted octanol–water partition coefficient (Wildman–Crippen LogP) is 32.3. The summed E-state index contributed by atoms with van der Waals surface area (Å²) >= 11 is 58.6. The second-order valence-corrected chi connectivity index (χ2v) is 55.9. The third-order valence-corrected chi connectivity index (χ3v) is 24.1. The molecule has 835 valence electrons. The van der Waals surface area contributed by atoms with Crippen LogP contribution in [0.4, 0.5) is 49.1 Å². The summed E-state index contributed by atoms with van der Waals surface area (Å²) < 4.78 is 145. The Balaban J connectivity index is -0.000000115. The van der Waals surface area contributed by atoms with Crippen LogP contribution in [-0.4, -0.2) is 137 Å². The molecular formula is C90H123B2Br18ClF9N18NaO9P. The van der Waals surface area contributed by atoms with Crippen molar-refractivity contribution in [3.63, 3.8) is 0 Å². The molecule has 59 heteroatoms. The van der Waals surface area contributed by atoms with Crippen molar-refractivity contribution in [1.82, 2.24) is 80.4 Å². The molecule has 1 aliphatic rings. The van der Waals surface area contributed by atoms with Gasteiger partial charge < -0.3 is 58.9 Å². The smallest absolute Gasteiger partial charge is 0.444 e. The van der Waals surface area contributed by atoms with Gasteiger partial charge in [-0.3, -0.25) is 14.8 Å². The van der Waals surface area contributed by atoms with Gasteiger partial charge in [0.1, 0.15) is 42.9 Å². The second kappa shape index (κ2) is 86.2. The molecule has 11 aromatic heterocycles. The van der Waals surface area contributed by atoms with E-state index in [0.717, 1.165) is 121 Å². The second-order valence-electron chi connectivity index (χ2n) is 28.3. The fourth-order valence-corrected chi connectivity index (χ4v) is 14.2. The maximum atomic E-state index is 12.5. The first-order chi connectivity index (χ1) is 61.6. The van der Waals surface area contributed by atoms with E-state index in [1.54, 1.807) is 82.2 Å². The van der Waals surface area contributed by atoms with Crippen molar-refractivity contribution in [2.75, 3.05) is 0 Å². The molecule has 0 atom stereocenters. The van der Waals surface area contributed by atoms with Crippen LogP contribution < -0.4 is 57.1 Å². The van der Waals surface area contributed by atoms with Crippen LogP contribution in [0.5, 0.6) is 0 Å². The summed E-state index contributed by atoms with van der Waals surface area (Å²) in [4.78, 5) is 85.4. The molecule has 12 heterocycles. The summed E-state index contributed by atoms with van der Waals surface area (Å²) in [5.74, 6) is -3.56. The standard InChI is InChI=1S/C16H16BrF3N4O2.C11H14BF3N2O2.C11H14Br2N2O2.C11H8BrF3N4.C6H4Br3N.C6H6Br2N2.C6H5Br2NO.C6H3Br2NO.C5H3Br2N.11CH4.CH3.B.Br3P.ClH.Na.H2O/c1-15(2,3)26-14(25)24-5-9-4-12(21-8-11(9)17)10-6-22-13(23-7-10)16(18,19)20;1-9(2)10(3,4)19-12(18-9)7-5-16-8(17-6-7)11(13,14)15;1-11(2,3)17-10(16)15-5-7-4-9(13)14-6-8(7)12;12-8-5-17-9(1-6(8)2-16)7-3-18-10(19-4-7)11(13,14)15;7-2-4-1-6(9)10-3-5(4)8;7-5-3-10-6(8)1-4(5)2-9;2*7-5-2-9-6(8)1-4(5)3-10;6-4-1-2-5(7)8-3-4;;;;;;;;;;;;;;1-4(2)3;;;/h4,6-8H,5H2,1-3H3,(H,24,25);5-6H,1-4H3;4,6H,5H2,1-3H3,(H,15,16);1,3-5H,2,16H2;1,3H,2H2;1,3H,2,9H2;1-2,10H,3H2;1-3H;1-3H;11*1H4;1H3;;;1H;;1H2/q;;;;;;;;;;;;;;;;;;;;-1;;;;+1;. The van der Waals surface area contributed by atoms with Gasteiger partial charge in [0.25, 0.3) is 0 Å². The van der Waals surface area contributed by atoms with Crippen LogP contribution in [0.1, 0.15) is 212 Å². The zero-order valence-electron chi connectivity index (χ0n) is 73.5. The summed E-state index contributed by atoms with van der Waals surface area (Å²) in [6.07, 6.45) is 5.68. The summed E-state index contributed by atoms with van der Waals surface area (Å²) in [6.45, 7) is 19.5. The largest absolute Gasteiger partial charge is 1.00 e. The Labute approximate surface area is 1050 Å². The Bertz CT molecular complexity index is 5420. The predicted molar refractivity (Wildman–Crippen MR) is 653 cm³/mol. The summed E-state index contributed by atoms with van der Waals surface area (Å²) in [5.41, 5.74) is 16.8. The third kappa shape index (κ3) is 70.2. The number of hydrogen-bond acceptors (Lipinski definition) is 24. The van der Waals surface area contributed by atoms with E-state index in [4.69, 9.17) is 35.4 Å². The molecule has 11 aromatic rings. The number of aromatic nitrogens is 14.